The quantitative estimate of drug-likeness (QED) is 0.376. The van der Waals surface area contributed by atoms with Crippen LogP contribution in [0, 0.1) is 5.92 Å². The fourth-order valence-corrected chi connectivity index (χ4v) is 4.31. The third kappa shape index (κ3) is 4.79. The standard InChI is InChI=1S/C23H22F3N5O2S/c1-14(2)11-12-30-20(33)15-7-3-6-10-18(15)31-21(30)28-29-22(31)34-13-19(32)27-17-9-5-4-8-16(17)23(24,25)26/h3-10,14H,11-13H2,1-2H3,(H,27,32). The number of carbonyl (C=O) groups is 1. The molecular weight excluding hydrogens is 467 g/mol. The monoisotopic (exact) mass is 489 g/mol. The number of aryl methyl sites for hydroxylation is 1. The van der Waals surface area contributed by atoms with Gasteiger partial charge >= 0.3 is 6.18 Å². The number of aromatic nitrogens is 4. The zero-order chi connectivity index (χ0) is 24.5. The highest BCUT2D eigenvalue weighted by Crippen LogP contribution is 2.34. The summed E-state index contributed by atoms with van der Waals surface area (Å²) in [4.78, 5) is 25.5. The zero-order valence-electron chi connectivity index (χ0n) is 18.5. The molecule has 0 bridgehead atoms. The first kappa shape index (κ1) is 23.8. The van der Waals surface area contributed by atoms with Crippen molar-refractivity contribution in [2.24, 2.45) is 5.92 Å². The predicted molar refractivity (Wildman–Crippen MR) is 125 cm³/mol. The van der Waals surface area contributed by atoms with Gasteiger partial charge in [0.05, 0.1) is 27.9 Å². The summed E-state index contributed by atoms with van der Waals surface area (Å²) in [7, 11) is 0. The number of amides is 1. The molecule has 4 aromatic rings. The molecule has 1 N–H and O–H groups in total. The number of hydrogen-bond donors (Lipinski definition) is 1. The molecule has 1 amide bonds. The van der Waals surface area contributed by atoms with E-state index in [9.17, 15) is 22.8 Å². The van der Waals surface area contributed by atoms with E-state index in [2.05, 4.69) is 29.4 Å². The van der Waals surface area contributed by atoms with E-state index >= 15 is 0 Å². The van der Waals surface area contributed by atoms with Crippen molar-refractivity contribution in [3.05, 3.63) is 64.4 Å². The van der Waals surface area contributed by atoms with Crippen LogP contribution < -0.4 is 10.9 Å². The van der Waals surface area contributed by atoms with Crippen molar-refractivity contribution in [1.82, 2.24) is 19.2 Å². The van der Waals surface area contributed by atoms with E-state index in [0.717, 1.165) is 24.2 Å². The number of benzene rings is 2. The molecule has 0 aliphatic heterocycles. The van der Waals surface area contributed by atoms with Crippen molar-refractivity contribution in [3.63, 3.8) is 0 Å². The highest BCUT2D eigenvalue weighted by Gasteiger charge is 2.33. The van der Waals surface area contributed by atoms with Crippen LogP contribution in [0.1, 0.15) is 25.8 Å². The minimum atomic E-state index is -4.58. The minimum Gasteiger partial charge on any atom is -0.325 e. The lowest BCUT2D eigenvalue weighted by atomic mass is 10.1. The van der Waals surface area contributed by atoms with Gasteiger partial charge in [0.1, 0.15) is 0 Å². The largest absolute Gasteiger partial charge is 0.418 e. The van der Waals surface area contributed by atoms with Crippen LogP contribution in [0.2, 0.25) is 0 Å². The van der Waals surface area contributed by atoms with E-state index in [0.29, 0.717) is 34.3 Å². The van der Waals surface area contributed by atoms with Gasteiger partial charge in [-0.25, -0.2) is 0 Å². The number of carbonyl (C=O) groups excluding carboxylic acids is 1. The second kappa shape index (κ2) is 9.49. The lowest BCUT2D eigenvalue weighted by Crippen LogP contribution is -2.24. The van der Waals surface area contributed by atoms with Crippen LogP contribution in [0.25, 0.3) is 16.7 Å². The SMILES string of the molecule is CC(C)CCn1c(=O)c2ccccc2n2c(SCC(=O)Nc3ccccc3C(F)(F)F)nnc12. The summed E-state index contributed by atoms with van der Waals surface area (Å²) in [6.45, 7) is 4.58. The second-order valence-corrected chi connectivity index (χ2v) is 9.10. The molecule has 0 aliphatic rings. The molecule has 0 saturated heterocycles. The van der Waals surface area contributed by atoms with E-state index in [1.165, 1.54) is 18.2 Å². The van der Waals surface area contributed by atoms with Gasteiger partial charge in [0.2, 0.25) is 11.7 Å². The number of para-hydroxylation sites is 2. The highest BCUT2D eigenvalue weighted by atomic mass is 32.2. The van der Waals surface area contributed by atoms with Crippen LogP contribution >= 0.6 is 11.8 Å². The lowest BCUT2D eigenvalue weighted by Gasteiger charge is -2.13. The molecule has 2 heterocycles. The summed E-state index contributed by atoms with van der Waals surface area (Å²) >= 11 is 1.03. The Morgan fingerprint density at radius 3 is 2.53 bits per heavy atom. The van der Waals surface area contributed by atoms with Crippen LogP contribution in [-0.2, 0) is 17.5 Å². The predicted octanol–water partition coefficient (Wildman–Crippen LogP) is 4.84. The van der Waals surface area contributed by atoms with Gasteiger partial charge in [0, 0.05) is 6.54 Å². The van der Waals surface area contributed by atoms with E-state index in [-0.39, 0.29) is 17.0 Å². The van der Waals surface area contributed by atoms with Gasteiger partial charge in [-0.2, -0.15) is 13.2 Å². The molecule has 11 heteroatoms. The first-order valence-corrected chi connectivity index (χ1v) is 11.6. The maximum Gasteiger partial charge on any atom is 0.418 e. The molecule has 4 rings (SSSR count). The molecule has 0 fully saturated rings. The van der Waals surface area contributed by atoms with E-state index < -0.39 is 17.6 Å². The maximum atomic E-state index is 13.2. The maximum absolute atomic E-state index is 13.2. The van der Waals surface area contributed by atoms with Gasteiger partial charge in [0.15, 0.2) is 5.16 Å². The number of nitrogens with zero attached hydrogens (tertiary/aromatic N) is 4. The number of halogens is 3. The Morgan fingerprint density at radius 2 is 1.79 bits per heavy atom. The summed E-state index contributed by atoms with van der Waals surface area (Å²) in [6.07, 6.45) is -3.82. The zero-order valence-corrected chi connectivity index (χ0v) is 19.3. The third-order valence-corrected chi connectivity index (χ3v) is 6.18. The van der Waals surface area contributed by atoms with Crippen molar-refractivity contribution in [2.45, 2.75) is 38.1 Å². The number of alkyl halides is 3. The molecule has 178 valence electrons. The molecule has 2 aromatic heterocycles. The van der Waals surface area contributed by atoms with Crippen LogP contribution in [0.15, 0.2) is 58.5 Å². The van der Waals surface area contributed by atoms with Gasteiger partial charge < -0.3 is 5.32 Å². The Morgan fingerprint density at radius 1 is 1.09 bits per heavy atom. The van der Waals surface area contributed by atoms with Crippen LogP contribution in [0.3, 0.4) is 0 Å². The summed E-state index contributed by atoms with van der Waals surface area (Å²) in [5.74, 6) is -0.0732. The third-order valence-electron chi connectivity index (χ3n) is 5.25. The minimum absolute atomic E-state index is 0.172. The smallest absolute Gasteiger partial charge is 0.325 e. The Hall–Kier alpha value is -3.34. The number of nitrogens with one attached hydrogen (secondary N) is 1. The average molecular weight is 490 g/mol. The molecular formula is C23H22F3N5O2S. The van der Waals surface area contributed by atoms with Crippen LogP contribution in [0.4, 0.5) is 18.9 Å². The molecule has 0 saturated carbocycles. The Kier molecular flexibility index (Phi) is 6.65. The molecule has 0 radical (unpaired) electrons. The number of rotatable bonds is 7. The van der Waals surface area contributed by atoms with Crippen molar-refractivity contribution in [3.8, 4) is 0 Å². The molecule has 0 atom stereocenters. The van der Waals surface area contributed by atoms with Crippen molar-refractivity contribution < 1.29 is 18.0 Å². The first-order chi connectivity index (χ1) is 16.2. The second-order valence-electron chi connectivity index (χ2n) is 8.15. The van der Waals surface area contributed by atoms with Gasteiger partial charge in [-0.3, -0.25) is 18.6 Å². The number of anilines is 1. The van der Waals surface area contributed by atoms with Crippen LogP contribution in [0.5, 0.6) is 0 Å². The Bertz CT molecular complexity index is 1410. The normalized spacial score (nSPS) is 12.1. The van der Waals surface area contributed by atoms with E-state index in [1.807, 2.05) is 0 Å². The molecule has 7 nitrogen and oxygen atoms in total. The molecule has 0 aliphatic carbocycles. The van der Waals surface area contributed by atoms with Crippen molar-refractivity contribution >= 4 is 40.0 Å². The van der Waals surface area contributed by atoms with Crippen molar-refractivity contribution in [1.29, 1.82) is 0 Å². The fraction of sp³-hybridized carbons (Fsp3) is 0.304. The number of hydrogen-bond acceptors (Lipinski definition) is 5. The molecule has 2 aromatic carbocycles. The lowest BCUT2D eigenvalue weighted by molar-refractivity contribution is -0.137. The van der Waals surface area contributed by atoms with Gasteiger partial charge in [0.25, 0.3) is 5.56 Å². The first-order valence-electron chi connectivity index (χ1n) is 10.6. The van der Waals surface area contributed by atoms with Gasteiger partial charge in [-0.1, -0.05) is 49.9 Å². The topological polar surface area (TPSA) is 81.3 Å². The fourth-order valence-electron chi connectivity index (χ4n) is 3.57. The van der Waals surface area contributed by atoms with Crippen LogP contribution in [-0.4, -0.2) is 30.8 Å². The summed E-state index contributed by atoms with van der Waals surface area (Å²) in [6, 6.07) is 11.9. The molecule has 34 heavy (non-hydrogen) atoms. The highest BCUT2D eigenvalue weighted by molar-refractivity contribution is 7.99. The average Bonchev–Trinajstić information content (AvgIpc) is 3.21. The summed E-state index contributed by atoms with van der Waals surface area (Å²) < 4.78 is 42.9. The van der Waals surface area contributed by atoms with E-state index in [4.69, 9.17) is 0 Å². The molecule has 0 spiro atoms. The summed E-state index contributed by atoms with van der Waals surface area (Å²) in [5, 5.41) is 11.5. The van der Waals surface area contributed by atoms with Gasteiger partial charge in [-0.15, -0.1) is 10.2 Å². The van der Waals surface area contributed by atoms with E-state index in [1.54, 1.807) is 33.2 Å². The number of thioether (sulfide) groups is 1. The Labute approximate surface area is 197 Å². The summed E-state index contributed by atoms with van der Waals surface area (Å²) in [5.41, 5.74) is -0.797. The van der Waals surface area contributed by atoms with Gasteiger partial charge in [-0.05, 0) is 36.6 Å². The van der Waals surface area contributed by atoms with Crippen molar-refractivity contribution in [2.75, 3.05) is 11.1 Å². The number of fused-ring (bicyclic) bond motifs is 3. The Balaban J connectivity index is 1.64. The molecule has 0 unspecified atom stereocenters.